The molecule has 3 heterocycles. The lowest BCUT2D eigenvalue weighted by Crippen LogP contribution is -2.40. The molecule has 0 unspecified atom stereocenters. The minimum absolute atomic E-state index is 0. The minimum atomic E-state index is 0. The molecule has 0 fully saturated rings. The van der Waals surface area contributed by atoms with Crippen LogP contribution in [0.2, 0.25) is 0 Å². The molecular formula is C20H20Cl2NO4+. The first kappa shape index (κ1) is 19.4. The van der Waals surface area contributed by atoms with Gasteiger partial charge >= 0.3 is 0 Å². The summed E-state index contributed by atoms with van der Waals surface area (Å²) in [6, 6.07) is 10.4. The second kappa shape index (κ2) is 7.33. The number of fused-ring (bicyclic) bond motifs is 5. The number of aromatic nitrogens is 1. The Bertz CT molecular complexity index is 1020. The molecule has 0 saturated heterocycles. The lowest BCUT2D eigenvalue weighted by atomic mass is 9.95. The van der Waals surface area contributed by atoms with Crippen LogP contribution in [-0.4, -0.2) is 21.0 Å². The van der Waals surface area contributed by atoms with Gasteiger partial charge in [0.05, 0.1) is 25.2 Å². The highest BCUT2D eigenvalue weighted by Gasteiger charge is 2.28. The van der Waals surface area contributed by atoms with Gasteiger partial charge in [0.15, 0.2) is 35.7 Å². The Hall–Kier alpha value is -2.37. The number of aryl methyl sites for hydroxylation is 2. The average Bonchev–Trinajstić information content (AvgIpc) is 3.11. The van der Waals surface area contributed by atoms with Crippen LogP contribution in [0.25, 0.3) is 22.0 Å². The van der Waals surface area contributed by atoms with Gasteiger partial charge in [-0.2, -0.15) is 4.57 Å². The molecule has 2 aliphatic rings. The second-order valence-electron chi connectivity index (χ2n) is 6.27. The van der Waals surface area contributed by atoms with Crippen molar-refractivity contribution in [1.29, 1.82) is 0 Å². The monoisotopic (exact) mass is 408 g/mol. The molecule has 0 saturated carbocycles. The van der Waals surface area contributed by atoms with Gasteiger partial charge in [0.1, 0.15) is 0 Å². The van der Waals surface area contributed by atoms with Gasteiger partial charge in [-0.25, -0.2) is 0 Å². The predicted molar refractivity (Wildman–Crippen MR) is 107 cm³/mol. The lowest BCUT2D eigenvalue weighted by Gasteiger charge is -2.17. The van der Waals surface area contributed by atoms with Crippen molar-refractivity contribution >= 4 is 35.6 Å². The van der Waals surface area contributed by atoms with E-state index in [0.29, 0.717) is 6.79 Å². The summed E-state index contributed by atoms with van der Waals surface area (Å²) in [7, 11) is 3.34. The zero-order chi connectivity index (χ0) is 17.0. The molecule has 142 valence electrons. The number of nitrogens with zero attached hydrogens (tertiary/aromatic N) is 1. The third kappa shape index (κ3) is 2.91. The minimum Gasteiger partial charge on any atom is -0.493 e. The van der Waals surface area contributed by atoms with E-state index in [0.717, 1.165) is 46.7 Å². The summed E-state index contributed by atoms with van der Waals surface area (Å²) < 4.78 is 24.4. The van der Waals surface area contributed by atoms with Crippen molar-refractivity contribution in [3.63, 3.8) is 0 Å². The Kier molecular flexibility index (Phi) is 5.27. The summed E-state index contributed by atoms with van der Waals surface area (Å²) in [4.78, 5) is 0. The molecule has 0 radical (unpaired) electrons. The van der Waals surface area contributed by atoms with E-state index in [1.807, 2.05) is 6.07 Å². The third-order valence-corrected chi connectivity index (χ3v) is 5.00. The number of benzene rings is 2. The summed E-state index contributed by atoms with van der Waals surface area (Å²) in [6.07, 6.45) is 3.11. The molecule has 7 heteroatoms. The zero-order valence-corrected chi connectivity index (χ0v) is 16.6. The van der Waals surface area contributed by atoms with Crippen molar-refractivity contribution in [2.75, 3.05) is 21.0 Å². The van der Waals surface area contributed by atoms with Crippen LogP contribution in [0, 0.1) is 0 Å². The molecular weight excluding hydrogens is 389 g/mol. The maximum absolute atomic E-state index is 5.60. The number of halogens is 2. The van der Waals surface area contributed by atoms with E-state index >= 15 is 0 Å². The van der Waals surface area contributed by atoms with E-state index in [-0.39, 0.29) is 24.8 Å². The van der Waals surface area contributed by atoms with E-state index < -0.39 is 0 Å². The van der Waals surface area contributed by atoms with Crippen molar-refractivity contribution < 1.29 is 23.5 Å². The fourth-order valence-electron chi connectivity index (χ4n) is 3.77. The highest BCUT2D eigenvalue weighted by Crippen LogP contribution is 2.41. The van der Waals surface area contributed by atoms with Crippen LogP contribution in [0.4, 0.5) is 0 Å². The second-order valence-corrected chi connectivity index (χ2v) is 6.27. The first-order chi connectivity index (χ1) is 12.3. The van der Waals surface area contributed by atoms with Gasteiger partial charge in [-0.1, -0.05) is 0 Å². The molecule has 0 spiro atoms. The van der Waals surface area contributed by atoms with Crippen LogP contribution >= 0.6 is 24.8 Å². The molecule has 2 aromatic carbocycles. The van der Waals surface area contributed by atoms with Crippen LogP contribution in [0.1, 0.15) is 5.56 Å². The summed E-state index contributed by atoms with van der Waals surface area (Å²) in [6.45, 7) is 1.21. The van der Waals surface area contributed by atoms with Gasteiger partial charge in [0.25, 0.3) is 0 Å². The molecule has 0 amide bonds. The average molecular weight is 409 g/mol. The van der Waals surface area contributed by atoms with Gasteiger partial charge in [0, 0.05) is 12.5 Å². The Morgan fingerprint density at radius 3 is 2.48 bits per heavy atom. The normalized spacial score (nSPS) is 13.1. The first-order valence-electron chi connectivity index (χ1n) is 8.29. The largest absolute Gasteiger partial charge is 0.493 e. The quantitative estimate of drug-likeness (QED) is 0.602. The van der Waals surface area contributed by atoms with Gasteiger partial charge in [-0.15, -0.1) is 24.8 Å². The number of rotatable bonds is 2. The third-order valence-electron chi connectivity index (χ3n) is 5.00. The maximum Gasteiger partial charge on any atom is 0.231 e. The summed E-state index contributed by atoms with van der Waals surface area (Å²) in [5.74, 6) is 3.18. The SMILES string of the molecule is COc1ccc2cc3[n+](cc2c1OC)CCc1cc2c(cc1-3)OCO2.Cl.Cl. The van der Waals surface area contributed by atoms with Gasteiger partial charge in [-0.3, -0.25) is 0 Å². The van der Waals surface area contributed by atoms with Crippen LogP contribution in [0.3, 0.4) is 0 Å². The number of hydrogen-bond donors (Lipinski definition) is 0. The fourth-order valence-corrected chi connectivity index (χ4v) is 3.77. The van der Waals surface area contributed by atoms with Crippen molar-refractivity contribution in [3.8, 4) is 34.3 Å². The van der Waals surface area contributed by atoms with Crippen molar-refractivity contribution in [1.82, 2.24) is 0 Å². The number of ether oxygens (including phenoxy) is 4. The van der Waals surface area contributed by atoms with Gasteiger partial charge < -0.3 is 18.9 Å². The molecule has 1 aromatic heterocycles. The Morgan fingerprint density at radius 2 is 1.74 bits per heavy atom. The standard InChI is InChI=1S/C20H18NO4.2ClH/c1-22-17-4-3-12-7-16-14-9-19-18(24-11-25-19)8-13(14)5-6-21(16)10-15(12)20(17)23-2;;/h3-4,7-10H,5-6,11H2,1-2H3;2*1H/q+1;;. The highest BCUT2D eigenvalue weighted by molar-refractivity contribution is 5.91. The molecule has 5 nitrogen and oxygen atoms in total. The molecule has 5 rings (SSSR count). The number of hydrogen-bond acceptors (Lipinski definition) is 4. The Balaban J connectivity index is 0.00000105. The van der Waals surface area contributed by atoms with Gasteiger partial charge in [-0.05, 0) is 35.2 Å². The summed E-state index contributed by atoms with van der Waals surface area (Å²) in [5.41, 5.74) is 3.68. The van der Waals surface area contributed by atoms with Crippen molar-refractivity contribution in [2.45, 2.75) is 13.0 Å². The fraction of sp³-hybridized carbons (Fsp3) is 0.250. The zero-order valence-electron chi connectivity index (χ0n) is 15.0. The van der Waals surface area contributed by atoms with Crippen LogP contribution < -0.4 is 23.5 Å². The number of methoxy groups -OCH3 is 2. The van der Waals surface area contributed by atoms with Crippen molar-refractivity contribution in [2.24, 2.45) is 0 Å². The van der Waals surface area contributed by atoms with E-state index in [9.17, 15) is 0 Å². The Morgan fingerprint density at radius 1 is 0.963 bits per heavy atom. The molecule has 27 heavy (non-hydrogen) atoms. The van der Waals surface area contributed by atoms with Crippen LogP contribution in [-0.2, 0) is 13.0 Å². The molecule has 0 atom stereocenters. The topological polar surface area (TPSA) is 40.8 Å². The molecule has 0 bridgehead atoms. The molecule has 0 aliphatic carbocycles. The van der Waals surface area contributed by atoms with Crippen LogP contribution in [0.15, 0.2) is 36.5 Å². The Labute approximate surface area is 169 Å². The first-order valence-corrected chi connectivity index (χ1v) is 8.29. The lowest BCUT2D eigenvalue weighted by molar-refractivity contribution is -0.686. The summed E-state index contributed by atoms with van der Waals surface area (Å²) >= 11 is 0. The van der Waals surface area contributed by atoms with E-state index in [1.54, 1.807) is 14.2 Å². The summed E-state index contributed by atoms with van der Waals surface area (Å²) in [5, 5.41) is 2.17. The number of pyridine rings is 1. The smallest absolute Gasteiger partial charge is 0.231 e. The molecule has 3 aromatic rings. The van der Waals surface area contributed by atoms with Gasteiger partial charge in [0.2, 0.25) is 12.5 Å². The van der Waals surface area contributed by atoms with Crippen molar-refractivity contribution in [3.05, 3.63) is 42.1 Å². The van der Waals surface area contributed by atoms with Crippen LogP contribution in [0.5, 0.6) is 23.0 Å². The van der Waals surface area contributed by atoms with E-state index in [2.05, 4.69) is 35.0 Å². The molecule has 0 N–H and O–H groups in total. The molecule has 2 aliphatic heterocycles. The van der Waals surface area contributed by atoms with E-state index in [1.165, 1.54) is 16.8 Å². The highest BCUT2D eigenvalue weighted by atomic mass is 35.5. The van der Waals surface area contributed by atoms with E-state index in [4.69, 9.17) is 18.9 Å². The maximum atomic E-state index is 5.60. The predicted octanol–water partition coefficient (Wildman–Crippen LogP) is 3.94.